The third-order valence-corrected chi connectivity index (χ3v) is 11.5. The summed E-state index contributed by atoms with van der Waals surface area (Å²) in [6.45, 7) is 10.1. The van der Waals surface area contributed by atoms with E-state index >= 15 is 0 Å². The van der Waals surface area contributed by atoms with Crippen molar-refractivity contribution in [2.75, 3.05) is 30.4 Å². The first kappa shape index (κ1) is 38.1. The molecule has 6 heterocycles. The zero-order valence-electron chi connectivity index (χ0n) is 33.5. The molecule has 2 fully saturated rings. The van der Waals surface area contributed by atoms with Gasteiger partial charge in [0.25, 0.3) is 5.91 Å². The van der Waals surface area contributed by atoms with Gasteiger partial charge in [0.15, 0.2) is 11.6 Å². The Morgan fingerprint density at radius 3 is 2.64 bits per heavy atom. The van der Waals surface area contributed by atoms with Crippen molar-refractivity contribution in [3.8, 4) is 11.1 Å². The number of carbonyl (C=O) groups excluding carboxylic acids is 4. The van der Waals surface area contributed by atoms with Crippen LogP contribution in [0.25, 0.3) is 33.1 Å². The van der Waals surface area contributed by atoms with Crippen LogP contribution in [0, 0.1) is 20.8 Å². The standard InChI is InChI=1S/C43H46N10O6/c1-5-53-35(20-31(50-53)25-11-12-25)46-41-38-28-18-22(2)27(37-23(3)51-59-24(37)4)19-32(28)45-40(38)48-39(49-41)34(54)10-7-16-58-17-15-44-30-9-6-8-26-29(30)21-52(43(26)57)33-13-14-36(55)47-42(33)56/h6,8-9,18-20,25,33,44H,5,7,10-17,21H2,1-4H3,(H,47,55,56)(H2,45,46,48,49). The van der Waals surface area contributed by atoms with Gasteiger partial charge in [0.2, 0.25) is 11.8 Å². The van der Waals surface area contributed by atoms with Crippen molar-refractivity contribution in [3.63, 3.8) is 0 Å². The third-order valence-electron chi connectivity index (χ3n) is 11.5. The van der Waals surface area contributed by atoms with E-state index in [1.54, 1.807) is 12.1 Å². The molecule has 0 bridgehead atoms. The van der Waals surface area contributed by atoms with Crippen LogP contribution in [0.1, 0.15) is 101 Å². The zero-order valence-corrected chi connectivity index (χ0v) is 33.5. The minimum atomic E-state index is -0.674. The van der Waals surface area contributed by atoms with Crippen molar-refractivity contribution in [2.24, 2.45) is 0 Å². The molecule has 2 aromatic carbocycles. The molecule has 1 atom stereocenters. The van der Waals surface area contributed by atoms with Crippen molar-refractivity contribution in [3.05, 3.63) is 76.1 Å². The second kappa shape index (κ2) is 15.4. The number of amides is 3. The lowest BCUT2D eigenvalue weighted by Crippen LogP contribution is -2.52. The van der Waals surface area contributed by atoms with Gasteiger partial charge in [-0.1, -0.05) is 11.2 Å². The number of nitrogens with one attached hydrogen (secondary N) is 4. The molecule has 304 valence electrons. The molecule has 6 aromatic rings. The number of nitrogens with zero attached hydrogens (tertiary/aromatic N) is 6. The van der Waals surface area contributed by atoms with E-state index in [2.05, 4.69) is 58.1 Å². The lowest BCUT2D eigenvalue weighted by atomic mass is 9.97. The highest BCUT2D eigenvalue weighted by Crippen LogP contribution is 2.42. The number of hydrogen-bond acceptors (Lipinski definition) is 12. The Morgan fingerprint density at radius 2 is 1.88 bits per heavy atom. The average molecular weight is 799 g/mol. The van der Waals surface area contributed by atoms with Crippen LogP contribution in [0.3, 0.4) is 0 Å². The Morgan fingerprint density at radius 1 is 1.03 bits per heavy atom. The van der Waals surface area contributed by atoms with Crippen LogP contribution in [-0.2, 0) is 27.4 Å². The van der Waals surface area contributed by atoms with Crippen molar-refractivity contribution >= 4 is 62.8 Å². The quantitative estimate of drug-likeness (QED) is 0.0508. The maximum absolute atomic E-state index is 13.7. The Hall–Kier alpha value is -6.42. The van der Waals surface area contributed by atoms with Crippen molar-refractivity contribution < 1.29 is 28.4 Å². The van der Waals surface area contributed by atoms with Gasteiger partial charge in [-0.15, -0.1) is 0 Å². The van der Waals surface area contributed by atoms with Gasteiger partial charge in [0.05, 0.1) is 23.4 Å². The molecule has 9 rings (SSSR count). The predicted octanol–water partition coefficient (Wildman–Crippen LogP) is 6.38. The van der Waals surface area contributed by atoms with Crippen LogP contribution in [0.2, 0.25) is 0 Å². The van der Waals surface area contributed by atoms with Crippen LogP contribution in [-0.4, -0.2) is 84.1 Å². The van der Waals surface area contributed by atoms with E-state index in [9.17, 15) is 19.2 Å². The number of ether oxygens (including phenoxy) is 1. The Labute approximate surface area is 339 Å². The van der Waals surface area contributed by atoms with Crippen molar-refractivity contribution in [1.82, 2.24) is 40.1 Å². The summed E-state index contributed by atoms with van der Waals surface area (Å²) in [4.78, 5) is 65.7. The number of benzene rings is 2. The van der Waals surface area contributed by atoms with Gasteiger partial charge in [-0.05, 0) is 88.8 Å². The fourth-order valence-electron chi connectivity index (χ4n) is 8.34. The number of ketones is 1. The van der Waals surface area contributed by atoms with E-state index in [0.29, 0.717) is 62.1 Å². The highest BCUT2D eigenvalue weighted by atomic mass is 16.5. The lowest BCUT2D eigenvalue weighted by molar-refractivity contribution is -0.136. The molecule has 0 spiro atoms. The first-order valence-electron chi connectivity index (χ1n) is 20.3. The van der Waals surface area contributed by atoms with E-state index in [1.807, 2.05) is 24.6 Å². The molecule has 2 aliphatic heterocycles. The number of aromatic nitrogens is 6. The molecule has 1 saturated heterocycles. The Balaban J connectivity index is 0.876. The van der Waals surface area contributed by atoms with Gasteiger partial charge in [0.1, 0.15) is 29.1 Å². The number of aromatic amines is 1. The van der Waals surface area contributed by atoms with Gasteiger partial charge in [-0.25, -0.2) is 14.6 Å². The molecule has 59 heavy (non-hydrogen) atoms. The van der Waals surface area contributed by atoms with E-state index in [-0.39, 0.29) is 42.8 Å². The molecule has 1 saturated carbocycles. The largest absolute Gasteiger partial charge is 0.382 e. The SMILES string of the molecule is CCn1nc(C2CC2)cc1Nc1nc(C(=O)CCCOCCNc2cccc3c2CN(C2CCC(=O)NC2=O)C3=O)nc2[nH]c3cc(-c4c(C)noc4C)c(C)cc3c12. The molecular formula is C43H46N10O6. The zero-order chi connectivity index (χ0) is 40.9. The number of hydrogen-bond donors (Lipinski definition) is 4. The van der Waals surface area contributed by atoms with E-state index in [0.717, 1.165) is 80.0 Å². The second-order valence-corrected chi connectivity index (χ2v) is 15.6. The molecule has 0 radical (unpaired) electrons. The maximum Gasteiger partial charge on any atom is 0.255 e. The summed E-state index contributed by atoms with van der Waals surface area (Å²) in [5.41, 5.74) is 8.43. The summed E-state index contributed by atoms with van der Waals surface area (Å²) in [7, 11) is 0. The van der Waals surface area contributed by atoms with Crippen LogP contribution in [0.4, 0.5) is 17.3 Å². The summed E-state index contributed by atoms with van der Waals surface area (Å²) in [5.74, 6) is 1.50. The summed E-state index contributed by atoms with van der Waals surface area (Å²) in [6.07, 6.45) is 3.44. The molecule has 3 aliphatic rings. The van der Waals surface area contributed by atoms with Crippen LogP contribution in [0.5, 0.6) is 0 Å². The van der Waals surface area contributed by atoms with E-state index < -0.39 is 11.9 Å². The van der Waals surface area contributed by atoms with Crippen LogP contribution >= 0.6 is 0 Å². The Bertz CT molecular complexity index is 2650. The number of aryl methyl sites for hydroxylation is 4. The number of H-pyrrole nitrogens is 1. The fraction of sp³-hybridized carbons (Fsp3) is 0.395. The first-order valence-corrected chi connectivity index (χ1v) is 20.3. The van der Waals surface area contributed by atoms with Gasteiger partial charge in [0, 0.05) is 84.3 Å². The molecule has 3 amide bonds. The monoisotopic (exact) mass is 798 g/mol. The predicted molar refractivity (Wildman–Crippen MR) is 220 cm³/mol. The van der Waals surface area contributed by atoms with Crippen LogP contribution < -0.4 is 16.0 Å². The number of piperidine rings is 1. The minimum Gasteiger partial charge on any atom is -0.382 e. The molecule has 4 aromatic heterocycles. The summed E-state index contributed by atoms with van der Waals surface area (Å²) in [5, 5.41) is 20.0. The fourth-order valence-corrected chi connectivity index (χ4v) is 8.34. The van der Waals surface area contributed by atoms with Crippen LogP contribution in [0.15, 0.2) is 40.9 Å². The highest BCUT2D eigenvalue weighted by molar-refractivity contribution is 6.14. The van der Waals surface area contributed by atoms with Crippen molar-refractivity contribution in [1.29, 1.82) is 0 Å². The molecule has 1 aliphatic carbocycles. The van der Waals surface area contributed by atoms with Crippen molar-refractivity contribution in [2.45, 2.75) is 91.3 Å². The Kier molecular flexibility index (Phi) is 9.95. The third kappa shape index (κ3) is 7.21. The molecule has 1 unspecified atom stereocenters. The van der Waals surface area contributed by atoms with Gasteiger partial charge in [-0.3, -0.25) is 24.5 Å². The van der Waals surface area contributed by atoms with Gasteiger partial charge >= 0.3 is 0 Å². The minimum absolute atomic E-state index is 0.111. The lowest BCUT2D eigenvalue weighted by Gasteiger charge is -2.29. The number of rotatable bonds is 15. The van der Waals surface area contributed by atoms with E-state index in [1.165, 1.54) is 4.90 Å². The summed E-state index contributed by atoms with van der Waals surface area (Å²) in [6, 6.07) is 11.1. The first-order chi connectivity index (χ1) is 28.6. The average Bonchev–Trinajstić information content (AvgIpc) is 3.60. The topological polar surface area (TPSA) is 202 Å². The number of imide groups is 1. The normalized spacial score (nSPS) is 16.6. The molecule has 16 nitrogen and oxygen atoms in total. The molecule has 16 heteroatoms. The maximum atomic E-state index is 13.7. The molecule has 4 N–H and O–H groups in total. The smallest absolute Gasteiger partial charge is 0.255 e. The summed E-state index contributed by atoms with van der Waals surface area (Å²) < 4.78 is 13.3. The molecular weight excluding hydrogens is 753 g/mol. The van der Waals surface area contributed by atoms with E-state index in [4.69, 9.17) is 24.3 Å². The number of Topliss-reactive ketones (excluding diaryl/α,β-unsaturated/α-hetero) is 1. The van der Waals surface area contributed by atoms with Gasteiger partial charge < -0.3 is 29.8 Å². The number of carbonyl (C=O) groups is 4. The summed E-state index contributed by atoms with van der Waals surface area (Å²) >= 11 is 0. The number of fused-ring (bicyclic) bond motifs is 4. The van der Waals surface area contributed by atoms with Gasteiger partial charge in [-0.2, -0.15) is 5.10 Å². The number of anilines is 3. The highest BCUT2D eigenvalue weighted by Gasteiger charge is 2.40. The second-order valence-electron chi connectivity index (χ2n) is 15.6.